The first-order valence-electron chi connectivity index (χ1n) is 11.0. The van der Waals surface area contributed by atoms with E-state index in [-0.39, 0.29) is 24.2 Å². The summed E-state index contributed by atoms with van der Waals surface area (Å²) in [5.74, 6) is 0. The molecule has 0 saturated heterocycles. The molecule has 4 N–H and O–H groups in total. The summed E-state index contributed by atoms with van der Waals surface area (Å²) in [6.07, 6.45) is 3.80. The standard InChI is InChI=1S/C26H28ClN5O2/c1-26(2,3)32-15-23(24(31-32)18-11-12-28-22(14-18)16-33)17-5-4-6-21(13-17)30-25(34)29-20-9-7-19(27)8-10-20/h4-15,24,31,33H,16H2,1-3H3,(H2,29,30,34). The number of carbonyl (C=O) groups is 1. The maximum Gasteiger partial charge on any atom is 0.323 e. The molecule has 7 nitrogen and oxygen atoms in total. The van der Waals surface area contributed by atoms with Crippen LogP contribution in [0.5, 0.6) is 0 Å². The molecule has 1 atom stereocenters. The van der Waals surface area contributed by atoms with Crippen molar-refractivity contribution in [2.24, 2.45) is 0 Å². The number of rotatable bonds is 5. The van der Waals surface area contributed by atoms with Gasteiger partial charge in [-0.25, -0.2) is 10.2 Å². The molecule has 8 heteroatoms. The number of carbonyl (C=O) groups excluding carboxylic acids is 1. The number of aromatic nitrogens is 1. The minimum atomic E-state index is -0.340. The molecular formula is C26H28ClN5O2. The van der Waals surface area contributed by atoms with Gasteiger partial charge >= 0.3 is 6.03 Å². The highest BCUT2D eigenvalue weighted by atomic mass is 35.5. The maximum absolute atomic E-state index is 12.5. The predicted octanol–water partition coefficient (Wildman–Crippen LogP) is 5.57. The quantitative estimate of drug-likeness (QED) is 0.385. The van der Waals surface area contributed by atoms with Crippen LogP contribution in [0.15, 0.2) is 73.1 Å². The summed E-state index contributed by atoms with van der Waals surface area (Å²) in [6, 6.07) is 18.0. The Hall–Kier alpha value is -3.39. The van der Waals surface area contributed by atoms with Crippen molar-refractivity contribution < 1.29 is 9.90 Å². The third kappa shape index (κ3) is 5.56. The summed E-state index contributed by atoms with van der Waals surface area (Å²) in [5.41, 5.74) is 8.36. The lowest BCUT2D eigenvalue weighted by atomic mass is 9.94. The van der Waals surface area contributed by atoms with Crippen molar-refractivity contribution in [1.29, 1.82) is 0 Å². The molecule has 2 heterocycles. The van der Waals surface area contributed by atoms with Crippen molar-refractivity contribution in [3.63, 3.8) is 0 Å². The summed E-state index contributed by atoms with van der Waals surface area (Å²) in [5, 5.41) is 17.9. The summed E-state index contributed by atoms with van der Waals surface area (Å²) in [4.78, 5) is 16.7. The van der Waals surface area contributed by atoms with Gasteiger partial charge in [-0.1, -0.05) is 23.7 Å². The fourth-order valence-electron chi connectivity index (χ4n) is 3.71. The van der Waals surface area contributed by atoms with E-state index in [0.29, 0.717) is 22.1 Å². The van der Waals surface area contributed by atoms with Crippen LogP contribution in [0, 0.1) is 0 Å². The number of hydrazine groups is 1. The largest absolute Gasteiger partial charge is 0.390 e. The Balaban J connectivity index is 1.59. The molecule has 3 aromatic rings. The second kappa shape index (κ2) is 9.85. The van der Waals surface area contributed by atoms with E-state index >= 15 is 0 Å². The van der Waals surface area contributed by atoms with E-state index in [0.717, 1.165) is 16.7 Å². The number of anilines is 2. The van der Waals surface area contributed by atoms with Gasteiger partial charge in [-0.15, -0.1) is 0 Å². The zero-order valence-corrected chi connectivity index (χ0v) is 20.1. The molecule has 34 heavy (non-hydrogen) atoms. The number of amides is 2. The highest BCUT2D eigenvalue weighted by molar-refractivity contribution is 6.30. The summed E-state index contributed by atoms with van der Waals surface area (Å²) in [7, 11) is 0. The highest BCUT2D eigenvalue weighted by Crippen LogP contribution is 2.38. The number of halogens is 1. The second-order valence-corrected chi connectivity index (χ2v) is 9.53. The van der Waals surface area contributed by atoms with Gasteiger partial charge in [0.1, 0.15) is 0 Å². The molecule has 2 aromatic carbocycles. The fraction of sp³-hybridized carbons (Fsp3) is 0.231. The summed E-state index contributed by atoms with van der Waals surface area (Å²) in [6.45, 7) is 6.26. The van der Waals surface area contributed by atoms with Gasteiger partial charge in [0, 0.05) is 34.3 Å². The van der Waals surface area contributed by atoms with E-state index in [4.69, 9.17) is 11.6 Å². The molecule has 0 aliphatic carbocycles. The Bertz CT molecular complexity index is 1200. The SMILES string of the molecule is CC(C)(C)N1C=C(c2cccc(NC(=O)Nc3ccc(Cl)cc3)c2)C(c2ccnc(CO)c2)N1. The number of aliphatic hydroxyl groups is 1. The van der Waals surface area contributed by atoms with Crippen LogP contribution >= 0.6 is 11.6 Å². The Morgan fingerprint density at radius 3 is 2.53 bits per heavy atom. The molecular weight excluding hydrogens is 450 g/mol. The zero-order chi connectivity index (χ0) is 24.3. The van der Waals surface area contributed by atoms with Crippen molar-refractivity contribution >= 4 is 34.6 Å². The molecule has 2 amide bonds. The first-order chi connectivity index (χ1) is 16.2. The van der Waals surface area contributed by atoms with Crippen LogP contribution in [0.1, 0.15) is 43.6 Å². The molecule has 0 bridgehead atoms. The first-order valence-corrected chi connectivity index (χ1v) is 11.4. The van der Waals surface area contributed by atoms with Gasteiger partial charge in [0.15, 0.2) is 0 Å². The van der Waals surface area contributed by atoms with E-state index in [1.54, 1.807) is 30.5 Å². The van der Waals surface area contributed by atoms with Crippen LogP contribution in [-0.2, 0) is 6.61 Å². The van der Waals surface area contributed by atoms with Crippen LogP contribution < -0.4 is 16.1 Å². The first kappa shape index (κ1) is 23.8. The number of hydrogen-bond donors (Lipinski definition) is 4. The summed E-state index contributed by atoms with van der Waals surface area (Å²) >= 11 is 5.91. The third-order valence-electron chi connectivity index (χ3n) is 5.46. The summed E-state index contributed by atoms with van der Waals surface area (Å²) < 4.78 is 0. The number of nitrogens with zero attached hydrogens (tertiary/aromatic N) is 2. The third-order valence-corrected chi connectivity index (χ3v) is 5.71. The van der Waals surface area contributed by atoms with E-state index < -0.39 is 0 Å². The van der Waals surface area contributed by atoms with Crippen LogP contribution in [0.25, 0.3) is 5.57 Å². The number of urea groups is 1. The van der Waals surface area contributed by atoms with Crippen LogP contribution in [0.3, 0.4) is 0 Å². The van der Waals surface area contributed by atoms with E-state index in [1.165, 1.54) is 0 Å². The number of nitrogens with one attached hydrogen (secondary N) is 3. The van der Waals surface area contributed by atoms with Crippen molar-refractivity contribution in [3.05, 3.63) is 94.9 Å². The predicted molar refractivity (Wildman–Crippen MR) is 136 cm³/mol. The minimum Gasteiger partial charge on any atom is -0.390 e. The lowest BCUT2D eigenvalue weighted by Crippen LogP contribution is -2.44. The minimum absolute atomic E-state index is 0.120. The van der Waals surface area contributed by atoms with Crippen molar-refractivity contribution in [1.82, 2.24) is 15.4 Å². The fourth-order valence-corrected chi connectivity index (χ4v) is 3.83. The molecule has 176 valence electrons. The second-order valence-electron chi connectivity index (χ2n) is 9.09. The molecule has 1 unspecified atom stereocenters. The van der Waals surface area contributed by atoms with Gasteiger partial charge < -0.3 is 20.7 Å². The van der Waals surface area contributed by atoms with Crippen LogP contribution in [0.2, 0.25) is 5.02 Å². The molecule has 0 spiro atoms. The molecule has 0 saturated carbocycles. The topological polar surface area (TPSA) is 89.5 Å². The van der Waals surface area contributed by atoms with Gasteiger partial charge in [-0.05, 0) is 86.0 Å². The van der Waals surface area contributed by atoms with E-state index in [2.05, 4.69) is 53.0 Å². The number of pyridine rings is 1. The van der Waals surface area contributed by atoms with Gasteiger partial charge in [-0.2, -0.15) is 0 Å². The van der Waals surface area contributed by atoms with Crippen molar-refractivity contribution in [2.75, 3.05) is 10.6 Å². The Morgan fingerprint density at radius 1 is 1.09 bits per heavy atom. The average Bonchev–Trinajstić information content (AvgIpc) is 3.27. The van der Waals surface area contributed by atoms with Crippen LogP contribution in [0.4, 0.5) is 16.2 Å². The van der Waals surface area contributed by atoms with Gasteiger partial charge in [-0.3, -0.25) is 4.98 Å². The smallest absolute Gasteiger partial charge is 0.323 e. The molecule has 0 radical (unpaired) electrons. The molecule has 1 aromatic heterocycles. The Labute approximate surface area is 204 Å². The average molecular weight is 478 g/mol. The zero-order valence-electron chi connectivity index (χ0n) is 19.3. The monoisotopic (exact) mass is 477 g/mol. The highest BCUT2D eigenvalue weighted by Gasteiger charge is 2.32. The molecule has 1 aliphatic rings. The van der Waals surface area contributed by atoms with Gasteiger partial charge in [0.05, 0.1) is 18.3 Å². The van der Waals surface area contributed by atoms with E-state index in [9.17, 15) is 9.90 Å². The Morgan fingerprint density at radius 2 is 1.82 bits per heavy atom. The van der Waals surface area contributed by atoms with E-state index in [1.807, 2.05) is 36.4 Å². The van der Waals surface area contributed by atoms with Gasteiger partial charge in [0.2, 0.25) is 0 Å². The number of aliphatic hydroxyl groups excluding tert-OH is 1. The van der Waals surface area contributed by atoms with Gasteiger partial charge in [0.25, 0.3) is 0 Å². The number of benzene rings is 2. The molecule has 0 fully saturated rings. The van der Waals surface area contributed by atoms with Crippen LogP contribution in [-0.4, -0.2) is 26.7 Å². The number of hydrogen-bond acceptors (Lipinski definition) is 5. The molecule has 4 rings (SSSR count). The lowest BCUT2D eigenvalue weighted by Gasteiger charge is -2.33. The van der Waals surface area contributed by atoms with Crippen molar-refractivity contribution in [3.8, 4) is 0 Å². The normalized spacial score (nSPS) is 15.7. The van der Waals surface area contributed by atoms with Crippen molar-refractivity contribution in [2.45, 2.75) is 39.0 Å². The lowest BCUT2D eigenvalue weighted by molar-refractivity contribution is 0.141. The molecule has 1 aliphatic heterocycles. The Kier molecular flexibility index (Phi) is 6.88. The maximum atomic E-state index is 12.5.